The van der Waals surface area contributed by atoms with Gasteiger partial charge in [-0.05, 0) is 48.9 Å². The summed E-state index contributed by atoms with van der Waals surface area (Å²) in [6.45, 7) is 0.457. The second-order valence-electron chi connectivity index (χ2n) is 3.97. The third kappa shape index (κ3) is 3.52. The van der Waals surface area contributed by atoms with Crippen molar-refractivity contribution in [3.8, 4) is 11.5 Å². The number of hydrogen-bond donors (Lipinski definition) is 1. The molecule has 0 spiro atoms. The van der Waals surface area contributed by atoms with E-state index >= 15 is 0 Å². The van der Waals surface area contributed by atoms with E-state index in [1.807, 2.05) is 6.07 Å². The van der Waals surface area contributed by atoms with Crippen LogP contribution < -0.4 is 10.5 Å². The molecule has 0 radical (unpaired) electrons. The van der Waals surface area contributed by atoms with Gasteiger partial charge in [0.15, 0.2) is 11.6 Å². The summed E-state index contributed by atoms with van der Waals surface area (Å²) in [5, 5.41) is 0. The summed E-state index contributed by atoms with van der Waals surface area (Å²) in [7, 11) is 0. The minimum Gasteiger partial charge on any atom is -0.454 e. The zero-order valence-corrected chi connectivity index (χ0v) is 11.6. The average molecular weight is 328 g/mol. The fourth-order valence-electron chi connectivity index (χ4n) is 1.67. The molecule has 2 nitrogen and oxygen atoms in total. The standard InChI is InChI=1S/C14H12BrF2NO/c15-10-1-3-13(9(7-10)5-6-18)19-14-4-2-11(16)8-12(14)17/h1-4,7-8H,5-6,18H2. The van der Waals surface area contributed by atoms with Crippen LogP contribution in [0.3, 0.4) is 0 Å². The topological polar surface area (TPSA) is 35.2 Å². The Morgan fingerprint density at radius 2 is 1.79 bits per heavy atom. The summed E-state index contributed by atoms with van der Waals surface area (Å²) in [5.41, 5.74) is 6.39. The van der Waals surface area contributed by atoms with E-state index in [1.165, 1.54) is 6.07 Å². The van der Waals surface area contributed by atoms with Gasteiger partial charge in [-0.2, -0.15) is 0 Å². The Morgan fingerprint density at radius 3 is 2.47 bits per heavy atom. The van der Waals surface area contributed by atoms with E-state index < -0.39 is 11.6 Å². The van der Waals surface area contributed by atoms with Crippen LogP contribution in [0, 0.1) is 11.6 Å². The fourth-order valence-corrected chi connectivity index (χ4v) is 2.08. The molecular weight excluding hydrogens is 316 g/mol. The summed E-state index contributed by atoms with van der Waals surface area (Å²) in [5.74, 6) is -0.870. The minimum absolute atomic E-state index is 0.0120. The largest absolute Gasteiger partial charge is 0.454 e. The van der Waals surface area contributed by atoms with Crippen LogP contribution in [0.1, 0.15) is 5.56 Å². The van der Waals surface area contributed by atoms with E-state index in [4.69, 9.17) is 10.5 Å². The Hall–Kier alpha value is -1.46. The lowest BCUT2D eigenvalue weighted by Gasteiger charge is -2.11. The number of benzene rings is 2. The zero-order chi connectivity index (χ0) is 13.8. The monoisotopic (exact) mass is 327 g/mol. The molecule has 0 saturated carbocycles. The van der Waals surface area contributed by atoms with Gasteiger partial charge < -0.3 is 10.5 Å². The highest BCUT2D eigenvalue weighted by Crippen LogP contribution is 2.30. The highest BCUT2D eigenvalue weighted by atomic mass is 79.9. The van der Waals surface area contributed by atoms with Crippen molar-refractivity contribution in [2.75, 3.05) is 6.54 Å². The highest BCUT2D eigenvalue weighted by Gasteiger charge is 2.09. The van der Waals surface area contributed by atoms with Crippen LogP contribution in [0.4, 0.5) is 8.78 Å². The second-order valence-corrected chi connectivity index (χ2v) is 4.88. The van der Waals surface area contributed by atoms with E-state index in [2.05, 4.69) is 15.9 Å². The van der Waals surface area contributed by atoms with Crippen molar-refractivity contribution in [1.29, 1.82) is 0 Å². The fraction of sp³-hybridized carbons (Fsp3) is 0.143. The molecule has 0 aliphatic carbocycles. The molecule has 100 valence electrons. The number of halogens is 3. The number of ether oxygens (including phenoxy) is 1. The molecule has 0 aliphatic rings. The molecule has 0 unspecified atom stereocenters. The van der Waals surface area contributed by atoms with E-state index in [1.54, 1.807) is 12.1 Å². The molecule has 0 amide bonds. The van der Waals surface area contributed by atoms with Gasteiger partial charge in [-0.1, -0.05) is 15.9 Å². The summed E-state index contributed by atoms with van der Waals surface area (Å²) in [6.07, 6.45) is 0.609. The lowest BCUT2D eigenvalue weighted by molar-refractivity contribution is 0.433. The van der Waals surface area contributed by atoms with Crippen molar-refractivity contribution < 1.29 is 13.5 Å². The van der Waals surface area contributed by atoms with Crippen molar-refractivity contribution in [3.63, 3.8) is 0 Å². The summed E-state index contributed by atoms with van der Waals surface area (Å²) in [4.78, 5) is 0. The summed E-state index contributed by atoms with van der Waals surface area (Å²) in [6, 6.07) is 8.58. The van der Waals surface area contributed by atoms with Crippen molar-refractivity contribution in [1.82, 2.24) is 0 Å². The van der Waals surface area contributed by atoms with Crippen molar-refractivity contribution >= 4 is 15.9 Å². The van der Waals surface area contributed by atoms with Crippen LogP contribution in [0.15, 0.2) is 40.9 Å². The molecule has 2 N–H and O–H groups in total. The van der Waals surface area contributed by atoms with E-state index in [-0.39, 0.29) is 5.75 Å². The molecule has 19 heavy (non-hydrogen) atoms. The van der Waals surface area contributed by atoms with E-state index in [9.17, 15) is 8.78 Å². The molecule has 5 heteroatoms. The molecule has 0 heterocycles. The molecule has 2 rings (SSSR count). The average Bonchev–Trinajstić information content (AvgIpc) is 2.36. The Morgan fingerprint density at radius 1 is 1.05 bits per heavy atom. The third-order valence-corrected chi connectivity index (χ3v) is 3.04. The van der Waals surface area contributed by atoms with Crippen LogP contribution in [-0.2, 0) is 6.42 Å². The van der Waals surface area contributed by atoms with Crippen LogP contribution in [0.25, 0.3) is 0 Å². The minimum atomic E-state index is -0.735. The van der Waals surface area contributed by atoms with Gasteiger partial charge >= 0.3 is 0 Å². The van der Waals surface area contributed by atoms with E-state index in [0.717, 1.165) is 22.2 Å². The van der Waals surface area contributed by atoms with Gasteiger partial charge in [-0.3, -0.25) is 0 Å². The van der Waals surface area contributed by atoms with Crippen molar-refractivity contribution in [2.45, 2.75) is 6.42 Å². The Kier molecular flexibility index (Phi) is 4.50. The predicted molar refractivity (Wildman–Crippen MR) is 73.3 cm³/mol. The normalized spacial score (nSPS) is 10.5. The molecule has 2 aromatic carbocycles. The molecular formula is C14H12BrF2NO. The molecule has 0 aliphatic heterocycles. The third-order valence-electron chi connectivity index (χ3n) is 2.55. The van der Waals surface area contributed by atoms with E-state index in [0.29, 0.717) is 18.7 Å². The lowest BCUT2D eigenvalue weighted by Crippen LogP contribution is -2.04. The van der Waals surface area contributed by atoms with Crippen LogP contribution in [-0.4, -0.2) is 6.54 Å². The lowest BCUT2D eigenvalue weighted by atomic mass is 10.1. The molecule has 0 fully saturated rings. The van der Waals surface area contributed by atoms with Gasteiger partial charge in [0.25, 0.3) is 0 Å². The maximum Gasteiger partial charge on any atom is 0.168 e. The van der Waals surface area contributed by atoms with Crippen molar-refractivity contribution in [3.05, 3.63) is 58.1 Å². The quantitative estimate of drug-likeness (QED) is 0.920. The maximum absolute atomic E-state index is 13.5. The smallest absolute Gasteiger partial charge is 0.168 e. The van der Waals surface area contributed by atoms with Crippen LogP contribution in [0.2, 0.25) is 0 Å². The van der Waals surface area contributed by atoms with Gasteiger partial charge in [0.2, 0.25) is 0 Å². The van der Waals surface area contributed by atoms with Gasteiger partial charge in [0.05, 0.1) is 0 Å². The van der Waals surface area contributed by atoms with Gasteiger partial charge in [-0.15, -0.1) is 0 Å². The molecule has 0 bridgehead atoms. The molecule has 0 aromatic heterocycles. The first-order chi connectivity index (χ1) is 9.10. The first kappa shape index (κ1) is 14.0. The molecule has 0 atom stereocenters. The highest BCUT2D eigenvalue weighted by molar-refractivity contribution is 9.10. The Balaban J connectivity index is 2.32. The number of rotatable bonds is 4. The number of hydrogen-bond acceptors (Lipinski definition) is 2. The molecule has 0 saturated heterocycles. The Labute approximate surface area is 118 Å². The van der Waals surface area contributed by atoms with Crippen LogP contribution >= 0.6 is 15.9 Å². The van der Waals surface area contributed by atoms with Gasteiger partial charge in [-0.25, -0.2) is 8.78 Å². The zero-order valence-electron chi connectivity index (χ0n) is 10.00. The van der Waals surface area contributed by atoms with Crippen LogP contribution in [0.5, 0.6) is 11.5 Å². The Bertz CT molecular complexity index is 590. The first-order valence-corrected chi connectivity index (χ1v) is 6.51. The number of nitrogens with two attached hydrogens (primary N) is 1. The summed E-state index contributed by atoms with van der Waals surface area (Å²) >= 11 is 3.36. The first-order valence-electron chi connectivity index (χ1n) is 5.71. The molecule has 2 aromatic rings. The second kappa shape index (κ2) is 6.12. The predicted octanol–water partition coefficient (Wildman–Crippen LogP) is 4.02. The maximum atomic E-state index is 13.5. The summed E-state index contributed by atoms with van der Waals surface area (Å²) < 4.78 is 32.7. The SMILES string of the molecule is NCCc1cc(Br)ccc1Oc1ccc(F)cc1F. The van der Waals surface area contributed by atoms with Crippen molar-refractivity contribution in [2.24, 2.45) is 5.73 Å². The van der Waals surface area contributed by atoms with Gasteiger partial charge in [0.1, 0.15) is 11.6 Å². The van der Waals surface area contributed by atoms with Gasteiger partial charge in [0, 0.05) is 10.5 Å².